The van der Waals surface area contributed by atoms with Crippen molar-refractivity contribution in [1.29, 1.82) is 0 Å². The van der Waals surface area contributed by atoms with Gasteiger partial charge in [-0.2, -0.15) is 0 Å². The van der Waals surface area contributed by atoms with E-state index >= 15 is 0 Å². The van der Waals surface area contributed by atoms with Crippen LogP contribution >= 0.6 is 0 Å². The third-order valence-electron chi connectivity index (χ3n) is 0.884. The predicted molar refractivity (Wildman–Crippen MR) is 29.0 cm³/mol. The molecule has 0 saturated heterocycles. The fraction of sp³-hybridized carbons (Fsp3) is 0.600. The first-order valence-electron chi connectivity index (χ1n) is 2.52. The fourth-order valence-corrected chi connectivity index (χ4v) is 0.529. The van der Waals surface area contributed by atoms with Crippen LogP contribution in [0.4, 0.5) is 0 Å². The van der Waals surface area contributed by atoms with E-state index in [2.05, 4.69) is 10.6 Å². The quantitative estimate of drug-likeness (QED) is 0.441. The molecule has 0 fully saturated rings. The van der Waals surface area contributed by atoms with E-state index < -0.39 is 0 Å². The van der Waals surface area contributed by atoms with Crippen molar-refractivity contribution in [2.75, 3.05) is 19.6 Å². The Balaban J connectivity index is 2.20. The average molecular weight is 97.1 g/mol. The van der Waals surface area contributed by atoms with Crippen molar-refractivity contribution >= 4 is 0 Å². The van der Waals surface area contributed by atoms with Gasteiger partial charge in [-0.25, -0.2) is 5.32 Å². The summed E-state index contributed by atoms with van der Waals surface area (Å²) in [6.45, 7) is 2.83. The van der Waals surface area contributed by atoms with Crippen LogP contribution in [-0.2, 0) is 0 Å². The molecule has 0 unspecified atom stereocenters. The van der Waals surface area contributed by atoms with E-state index in [0.29, 0.717) is 0 Å². The van der Waals surface area contributed by atoms with E-state index in [1.165, 1.54) is 0 Å². The lowest BCUT2D eigenvalue weighted by Gasteiger charge is -1.91. The van der Waals surface area contributed by atoms with Gasteiger partial charge in [-0.15, -0.1) is 0 Å². The zero-order valence-electron chi connectivity index (χ0n) is 4.22. The van der Waals surface area contributed by atoms with Crippen LogP contribution < -0.4 is 10.6 Å². The summed E-state index contributed by atoms with van der Waals surface area (Å²) in [5.41, 5.74) is 0. The maximum atomic E-state index is 4.12. The zero-order chi connectivity index (χ0) is 4.95. The molecule has 7 heavy (non-hydrogen) atoms. The molecule has 1 rings (SSSR count). The van der Waals surface area contributed by atoms with Crippen LogP contribution in [0, 0.1) is 0 Å². The number of hydrogen-bond acceptors (Lipinski definition) is 1. The molecule has 0 saturated carbocycles. The third kappa shape index (κ3) is 1.59. The van der Waals surface area contributed by atoms with E-state index in [-0.39, 0.29) is 0 Å². The topological polar surface area (TPSA) is 26.1 Å². The third-order valence-corrected chi connectivity index (χ3v) is 0.884. The number of rotatable bonds is 0. The summed E-state index contributed by atoms with van der Waals surface area (Å²) in [6, 6.07) is 0. The van der Waals surface area contributed by atoms with Gasteiger partial charge >= 0.3 is 0 Å². The summed E-state index contributed by atoms with van der Waals surface area (Å²) >= 11 is 0. The smallest absolute Gasteiger partial charge is 0.0331 e. The largest absolute Gasteiger partial charge is 0.390 e. The summed E-state index contributed by atoms with van der Waals surface area (Å²) in [5, 5.41) is 7.19. The molecule has 2 nitrogen and oxygen atoms in total. The molecule has 0 atom stereocenters. The summed E-state index contributed by atoms with van der Waals surface area (Å²) in [4.78, 5) is 0. The molecule has 1 radical (unpaired) electrons. The molecule has 1 heterocycles. The highest BCUT2D eigenvalue weighted by Gasteiger charge is 1.86. The highest BCUT2D eigenvalue weighted by atomic mass is 14.9. The summed E-state index contributed by atoms with van der Waals surface area (Å²) in [7, 11) is 0. The van der Waals surface area contributed by atoms with Gasteiger partial charge in [0.15, 0.2) is 0 Å². The predicted octanol–water partition coefficient (Wildman–Crippen LogP) is -0.292. The van der Waals surface area contributed by atoms with Crippen LogP contribution in [0.5, 0.6) is 0 Å². The first-order chi connectivity index (χ1) is 3.50. The van der Waals surface area contributed by atoms with E-state index in [1.807, 2.05) is 12.3 Å². The Kier molecular flexibility index (Phi) is 1.75. The van der Waals surface area contributed by atoms with Gasteiger partial charge in [0, 0.05) is 19.6 Å². The normalized spacial score (nSPS) is 20.6. The van der Waals surface area contributed by atoms with Crippen LogP contribution in [0.3, 0.4) is 0 Å². The van der Waals surface area contributed by atoms with Crippen molar-refractivity contribution in [3.63, 3.8) is 0 Å². The van der Waals surface area contributed by atoms with Gasteiger partial charge in [-0.05, 0) is 6.20 Å². The molecule has 0 aromatic rings. The Morgan fingerprint density at radius 1 is 1.57 bits per heavy atom. The molecule has 0 amide bonds. The second-order valence-electron chi connectivity index (χ2n) is 1.49. The van der Waals surface area contributed by atoms with Crippen molar-refractivity contribution < 1.29 is 0 Å². The lowest BCUT2D eigenvalue weighted by molar-refractivity contribution is 0.719. The van der Waals surface area contributed by atoms with Crippen LogP contribution in [0.15, 0.2) is 12.3 Å². The minimum Gasteiger partial charge on any atom is -0.390 e. The van der Waals surface area contributed by atoms with E-state index in [4.69, 9.17) is 0 Å². The molecule has 0 aromatic carbocycles. The first kappa shape index (κ1) is 4.65. The molecule has 2 heteroatoms. The van der Waals surface area contributed by atoms with Gasteiger partial charge in [0.2, 0.25) is 0 Å². The second-order valence-corrected chi connectivity index (χ2v) is 1.49. The van der Waals surface area contributed by atoms with E-state index in [0.717, 1.165) is 19.6 Å². The van der Waals surface area contributed by atoms with E-state index in [9.17, 15) is 0 Å². The molecule has 1 aliphatic rings. The van der Waals surface area contributed by atoms with Gasteiger partial charge < -0.3 is 5.32 Å². The van der Waals surface area contributed by atoms with Crippen molar-refractivity contribution in [3.8, 4) is 0 Å². The Morgan fingerprint density at radius 2 is 2.57 bits per heavy atom. The highest BCUT2D eigenvalue weighted by Crippen LogP contribution is 1.73. The van der Waals surface area contributed by atoms with Crippen molar-refractivity contribution in [3.05, 3.63) is 12.3 Å². The second kappa shape index (κ2) is 2.64. The Bertz CT molecular complexity index is 60.5. The Morgan fingerprint density at radius 3 is 3.57 bits per heavy atom. The zero-order valence-corrected chi connectivity index (χ0v) is 4.22. The van der Waals surface area contributed by atoms with Crippen LogP contribution in [-0.4, -0.2) is 19.6 Å². The Hall–Kier alpha value is -0.500. The SMILES string of the molecule is C1=CNCC[N]C1. The van der Waals surface area contributed by atoms with Crippen LogP contribution in [0.2, 0.25) is 0 Å². The maximum absolute atomic E-state index is 4.12. The minimum absolute atomic E-state index is 0.882. The number of nitrogens with one attached hydrogen (secondary N) is 1. The van der Waals surface area contributed by atoms with Crippen molar-refractivity contribution in [2.45, 2.75) is 0 Å². The van der Waals surface area contributed by atoms with Crippen LogP contribution in [0.1, 0.15) is 0 Å². The Labute approximate surface area is 43.6 Å². The maximum Gasteiger partial charge on any atom is 0.0331 e. The molecule has 39 valence electrons. The highest BCUT2D eigenvalue weighted by molar-refractivity contribution is 4.84. The van der Waals surface area contributed by atoms with Gasteiger partial charge in [0.25, 0.3) is 0 Å². The molecule has 0 aromatic heterocycles. The average Bonchev–Trinajstić information content (AvgIpc) is 1.90. The molecule has 0 aliphatic carbocycles. The molecule has 0 spiro atoms. The summed E-state index contributed by atoms with van der Waals surface area (Å²) < 4.78 is 0. The monoisotopic (exact) mass is 97.1 g/mol. The lowest BCUT2D eigenvalue weighted by Crippen LogP contribution is -2.14. The van der Waals surface area contributed by atoms with Gasteiger partial charge in [0.1, 0.15) is 0 Å². The standard InChI is InChI=1S/C5H9N2/c1-2-6-4-5-7-3-1/h1-2,6H,3-5H2. The summed E-state index contributed by atoms with van der Waals surface area (Å²) in [6.07, 6.45) is 3.98. The molecular weight excluding hydrogens is 88.1 g/mol. The molecule has 1 N–H and O–H groups in total. The van der Waals surface area contributed by atoms with Crippen molar-refractivity contribution in [2.24, 2.45) is 0 Å². The fourth-order valence-electron chi connectivity index (χ4n) is 0.529. The van der Waals surface area contributed by atoms with Gasteiger partial charge in [0.05, 0.1) is 0 Å². The van der Waals surface area contributed by atoms with Crippen molar-refractivity contribution in [1.82, 2.24) is 10.6 Å². The number of nitrogens with zero attached hydrogens (tertiary/aromatic N) is 1. The van der Waals surface area contributed by atoms with E-state index in [1.54, 1.807) is 0 Å². The first-order valence-corrected chi connectivity index (χ1v) is 2.52. The molecule has 1 aliphatic heterocycles. The molecular formula is C5H9N2. The van der Waals surface area contributed by atoms with Gasteiger partial charge in [-0.1, -0.05) is 6.08 Å². The van der Waals surface area contributed by atoms with Gasteiger partial charge in [-0.3, -0.25) is 0 Å². The number of hydrogen-bond donors (Lipinski definition) is 1. The summed E-state index contributed by atoms with van der Waals surface area (Å²) in [5.74, 6) is 0. The van der Waals surface area contributed by atoms with Crippen LogP contribution in [0.25, 0.3) is 0 Å². The lowest BCUT2D eigenvalue weighted by atomic mass is 10.6. The molecule has 0 bridgehead atoms. The minimum atomic E-state index is 0.882.